The monoisotopic (exact) mass is 373 g/mol. The van der Waals surface area contributed by atoms with Gasteiger partial charge in [-0.25, -0.2) is 8.42 Å². The lowest BCUT2D eigenvalue weighted by atomic mass is 10.2. The van der Waals surface area contributed by atoms with Crippen molar-refractivity contribution in [3.05, 3.63) is 23.8 Å². The average Bonchev–Trinajstić information content (AvgIpc) is 2.91. The fourth-order valence-electron chi connectivity index (χ4n) is 1.74. The minimum absolute atomic E-state index is 0.169. The van der Waals surface area contributed by atoms with Gasteiger partial charge in [-0.1, -0.05) is 36.9 Å². The van der Waals surface area contributed by atoms with Gasteiger partial charge in [0.2, 0.25) is 5.13 Å². The molecule has 0 radical (unpaired) electrons. The number of nitrogens with zero attached hydrogens (tertiary/aromatic N) is 2. The maximum absolute atomic E-state index is 12.4. The van der Waals surface area contributed by atoms with E-state index in [4.69, 9.17) is 4.74 Å². The molecule has 1 N–H and O–H groups in total. The summed E-state index contributed by atoms with van der Waals surface area (Å²) in [5, 5.41) is 8.16. The number of aromatic nitrogens is 2. The van der Waals surface area contributed by atoms with E-state index in [2.05, 4.69) is 28.8 Å². The smallest absolute Gasteiger partial charge is 0.263 e. The molecule has 6 nitrogen and oxygen atoms in total. The Morgan fingerprint density at radius 3 is 2.70 bits per heavy atom. The third kappa shape index (κ3) is 4.82. The Labute approximate surface area is 144 Å². The van der Waals surface area contributed by atoms with Crippen LogP contribution in [-0.2, 0) is 10.0 Å². The molecule has 23 heavy (non-hydrogen) atoms. The lowest BCUT2D eigenvalue weighted by Gasteiger charge is -2.08. The summed E-state index contributed by atoms with van der Waals surface area (Å²) in [5.74, 6) is 2.09. The highest BCUT2D eigenvalue weighted by molar-refractivity contribution is 8.01. The van der Waals surface area contributed by atoms with Crippen LogP contribution in [0, 0.1) is 12.8 Å². The molecule has 0 saturated carbocycles. The third-order valence-electron chi connectivity index (χ3n) is 2.84. The van der Waals surface area contributed by atoms with E-state index >= 15 is 0 Å². The molecular weight excluding hydrogens is 354 g/mol. The van der Waals surface area contributed by atoms with Crippen LogP contribution >= 0.6 is 23.1 Å². The van der Waals surface area contributed by atoms with Gasteiger partial charge in [0.05, 0.1) is 12.0 Å². The van der Waals surface area contributed by atoms with Crippen LogP contribution in [0.3, 0.4) is 0 Å². The SMILES string of the molecule is COc1ccc(S(=O)(=O)Nc2nnc(SCC(C)C)s2)cc1C. The summed E-state index contributed by atoms with van der Waals surface area (Å²) >= 11 is 2.81. The number of thioether (sulfide) groups is 1. The average molecular weight is 374 g/mol. The van der Waals surface area contributed by atoms with Gasteiger partial charge in [-0.15, -0.1) is 10.2 Å². The first-order chi connectivity index (χ1) is 10.8. The van der Waals surface area contributed by atoms with Gasteiger partial charge in [-0.2, -0.15) is 0 Å². The van der Waals surface area contributed by atoms with Crippen molar-refractivity contribution in [2.75, 3.05) is 17.6 Å². The first kappa shape index (κ1) is 18.0. The summed E-state index contributed by atoms with van der Waals surface area (Å²) < 4.78 is 33.2. The first-order valence-corrected chi connectivity index (χ1v) is 10.2. The standard InChI is InChI=1S/C14H19N3O3S3/c1-9(2)8-21-14-16-15-13(22-14)17-23(18,19)11-5-6-12(20-4)10(3)7-11/h5-7,9H,8H2,1-4H3,(H,15,17). The second-order valence-electron chi connectivity index (χ2n) is 5.31. The minimum atomic E-state index is -3.69. The second kappa shape index (κ2) is 7.50. The van der Waals surface area contributed by atoms with Gasteiger partial charge < -0.3 is 4.74 Å². The molecule has 0 bridgehead atoms. The molecule has 126 valence electrons. The number of sulfonamides is 1. The maximum Gasteiger partial charge on any atom is 0.263 e. The van der Waals surface area contributed by atoms with E-state index in [1.165, 1.54) is 17.4 Å². The van der Waals surface area contributed by atoms with E-state index in [1.807, 2.05) is 0 Å². The zero-order chi connectivity index (χ0) is 17.0. The van der Waals surface area contributed by atoms with Gasteiger partial charge in [0, 0.05) is 5.75 Å². The van der Waals surface area contributed by atoms with Gasteiger partial charge in [0.25, 0.3) is 10.0 Å². The number of aryl methyl sites for hydroxylation is 1. The fourth-order valence-corrected chi connectivity index (χ4v) is 4.78. The Hall–Kier alpha value is -1.32. The summed E-state index contributed by atoms with van der Waals surface area (Å²) in [7, 11) is -2.14. The molecule has 9 heteroatoms. The Bertz CT molecular complexity index is 773. The number of hydrogen-bond acceptors (Lipinski definition) is 7. The number of anilines is 1. The van der Waals surface area contributed by atoms with E-state index in [9.17, 15) is 8.42 Å². The molecule has 2 rings (SSSR count). The van der Waals surface area contributed by atoms with Crippen LogP contribution in [0.2, 0.25) is 0 Å². The zero-order valence-electron chi connectivity index (χ0n) is 13.4. The van der Waals surface area contributed by atoms with Crippen molar-refractivity contribution < 1.29 is 13.2 Å². The summed E-state index contributed by atoms with van der Waals surface area (Å²) in [6, 6.07) is 4.70. The van der Waals surface area contributed by atoms with Crippen molar-refractivity contribution >= 4 is 38.3 Å². The normalized spacial score (nSPS) is 11.7. The van der Waals surface area contributed by atoms with Crippen LogP contribution in [0.1, 0.15) is 19.4 Å². The van der Waals surface area contributed by atoms with Gasteiger partial charge in [0.1, 0.15) is 5.75 Å². The molecule has 0 spiro atoms. The number of ether oxygens (including phenoxy) is 1. The van der Waals surface area contributed by atoms with Crippen molar-refractivity contribution in [2.45, 2.75) is 30.0 Å². The predicted octanol–water partition coefficient (Wildman–Crippen LogP) is 3.40. The number of methoxy groups -OCH3 is 1. The van der Waals surface area contributed by atoms with Gasteiger partial charge in [-0.05, 0) is 36.6 Å². The van der Waals surface area contributed by atoms with Crippen molar-refractivity contribution in [3.8, 4) is 5.75 Å². The van der Waals surface area contributed by atoms with Crippen LogP contribution in [-0.4, -0.2) is 31.5 Å². The molecule has 0 amide bonds. The Morgan fingerprint density at radius 1 is 1.35 bits per heavy atom. The molecule has 1 aromatic heterocycles. The molecule has 0 aliphatic rings. The Balaban J connectivity index is 2.13. The van der Waals surface area contributed by atoms with Crippen molar-refractivity contribution in [3.63, 3.8) is 0 Å². The van der Waals surface area contributed by atoms with E-state index in [1.54, 1.807) is 37.9 Å². The second-order valence-corrected chi connectivity index (χ2v) is 9.24. The molecule has 0 saturated heterocycles. The zero-order valence-corrected chi connectivity index (χ0v) is 15.8. The maximum atomic E-state index is 12.4. The molecule has 0 atom stereocenters. The Morgan fingerprint density at radius 2 is 2.09 bits per heavy atom. The third-order valence-corrected chi connectivity index (χ3v) is 6.71. The van der Waals surface area contributed by atoms with Gasteiger partial charge >= 0.3 is 0 Å². The Kier molecular flexibility index (Phi) is 5.88. The van der Waals surface area contributed by atoms with Crippen molar-refractivity contribution in [2.24, 2.45) is 5.92 Å². The van der Waals surface area contributed by atoms with E-state index in [0.717, 1.165) is 15.7 Å². The predicted molar refractivity (Wildman–Crippen MR) is 94.0 cm³/mol. The molecule has 0 unspecified atom stereocenters. The highest BCUT2D eigenvalue weighted by Gasteiger charge is 2.18. The number of rotatable bonds is 7. The van der Waals surface area contributed by atoms with Crippen molar-refractivity contribution in [1.82, 2.24) is 10.2 Å². The highest BCUT2D eigenvalue weighted by atomic mass is 32.2. The topological polar surface area (TPSA) is 81.2 Å². The highest BCUT2D eigenvalue weighted by Crippen LogP contribution is 2.29. The fraction of sp³-hybridized carbons (Fsp3) is 0.429. The largest absolute Gasteiger partial charge is 0.496 e. The van der Waals surface area contributed by atoms with E-state index in [-0.39, 0.29) is 10.0 Å². The lowest BCUT2D eigenvalue weighted by molar-refractivity contribution is 0.411. The summed E-state index contributed by atoms with van der Waals surface area (Å²) in [6.45, 7) is 6.02. The molecule has 0 aliphatic heterocycles. The van der Waals surface area contributed by atoms with Crippen LogP contribution in [0.25, 0.3) is 0 Å². The van der Waals surface area contributed by atoms with Crippen molar-refractivity contribution in [1.29, 1.82) is 0 Å². The van der Waals surface area contributed by atoms with Crippen LogP contribution in [0.15, 0.2) is 27.4 Å². The summed E-state index contributed by atoms with van der Waals surface area (Å²) in [4.78, 5) is 0.169. The molecule has 0 fully saturated rings. The number of hydrogen-bond donors (Lipinski definition) is 1. The van der Waals surface area contributed by atoms with Crippen LogP contribution in [0.5, 0.6) is 5.75 Å². The van der Waals surface area contributed by atoms with Crippen LogP contribution in [0.4, 0.5) is 5.13 Å². The van der Waals surface area contributed by atoms with Gasteiger partial charge in [-0.3, -0.25) is 4.72 Å². The number of nitrogens with one attached hydrogen (secondary N) is 1. The van der Waals surface area contributed by atoms with E-state index in [0.29, 0.717) is 11.7 Å². The molecule has 1 aromatic carbocycles. The molecular formula is C14H19N3O3S3. The van der Waals surface area contributed by atoms with Crippen LogP contribution < -0.4 is 9.46 Å². The quantitative estimate of drug-likeness (QED) is 0.749. The lowest BCUT2D eigenvalue weighted by Crippen LogP contribution is -2.13. The first-order valence-electron chi connectivity index (χ1n) is 6.95. The molecule has 2 aromatic rings. The molecule has 0 aliphatic carbocycles. The molecule has 1 heterocycles. The number of benzene rings is 1. The van der Waals surface area contributed by atoms with Gasteiger partial charge in [0.15, 0.2) is 4.34 Å². The summed E-state index contributed by atoms with van der Waals surface area (Å²) in [6.07, 6.45) is 0. The summed E-state index contributed by atoms with van der Waals surface area (Å²) in [5.41, 5.74) is 0.751. The van der Waals surface area contributed by atoms with E-state index < -0.39 is 10.0 Å². The minimum Gasteiger partial charge on any atom is -0.496 e.